The monoisotopic (exact) mass is 334 g/mol. The molecule has 2 aromatic rings. The van der Waals surface area contributed by atoms with Crippen LogP contribution in [0.25, 0.3) is 11.3 Å². The van der Waals surface area contributed by atoms with E-state index in [4.69, 9.17) is 4.52 Å². The number of rotatable bonds is 3. The van der Waals surface area contributed by atoms with E-state index >= 15 is 0 Å². The van der Waals surface area contributed by atoms with Crippen LogP contribution in [-0.4, -0.2) is 29.1 Å². The largest absolute Gasteiger partial charge is 0.355 e. The number of nitrogens with zero attached hydrogens (tertiary/aromatic N) is 2. The van der Waals surface area contributed by atoms with Gasteiger partial charge in [-0.05, 0) is 31.6 Å². The average Bonchev–Trinajstić information content (AvgIpc) is 3.32. The molecule has 4 heteroatoms. The summed E-state index contributed by atoms with van der Waals surface area (Å²) in [6, 6.07) is 7.97. The molecule has 0 saturated carbocycles. The Labute approximate surface area is 147 Å². The van der Waals surface area contributed by atoms with Crippen molar-refractivity contribution in [2.24, 2.45) is 11.8 Å². The zero-order valence-electron chi connectivity index (χ0n) is 14.4. The number of allylic oxidation sites excluding steroid dienone is 4. The molecule has 1 saturated heterocycles. The molecular weight excluding hydrogens is 312 g/mol. The highest BCUT2D eigenvalue weighted by molar-refractivity contribution is 5.99. The minimum atomic E-state index is 0.0228. The predicted molar refractivity (Wildman–Crippen MR) is 97.1 cm³/mol. The molecule has 1 unspecified atom stereocenters. The first-order chi connectivity index (χ1) is 12.2. The Morgan fingerprint density at radius 1 is 1.24 bits per heavy atom. The molecule has 1 amide bonds. The van der Waals surface area contributed by atoms with Crippen molar-refractivity contribution in [1.82, 2.24) is 10.1 Å². The number of hydrogen-bond donors (Lipinski definition) is 0. The zero-order valence-corrected chi connectivity index (χ0v) is 14.4. The normalized spacial score (nSPS) is 22.5. The van der Waals surface area contributed by atoms with Gasteiger partial charge >= 0.3 is 0 Å². The molecule has 0 N–H and O–H groups in total. The van der Waals surface area contributed by atoms with Crippen LogP contribution < -0.4 is 0 Å². The SMILES string of the molecule is Cc1ccc(-c2oncc2C(=O)N2CC[C@@H](C3C=CC=CC3)C2)cc1. The van der Waals surface area contributed by atoms with Crippen molar-refractivity contribution in [1.29, 1.82) is 0 Å². The van der Waals surface area contributed by atoms with Crippen LogP contribution in [0.4, 0.5) is 0 Å². The van der Waals surface area contributed by atoms with Crippen LogP contribution in [0, 0.1) is 18.8 Å². The van der Waals surface area contributed by atoms with Gasteiger partial charge in [-0.15, -0.1) is 0 Å². The standard InChI is InChI=1S/C21H22N2O2/c1-15-7-9-17(10-8-15)20-19(13-22-25-20)21(24)23-12-11-18(14-23)16-5-3-2-4-6-16/h2-5,7-10,13,16,18H,6,11-12,14H2,1H3/t16?,18-/m1/s1. The summed E-state index contributed by atoms with van der Waals surface area (Å²) in [5, 5.41) is 3.88. The van der Waals surface area contributed by atoms with Gasteiger partial charge in [0.15, 0.2) is 5.76 Å². The molecule has 2 heterocycles. The first-order valence-corrected chi connectivity index (χ1v) is 8.86. The second-order valence-electron chi connectivity index (χ2n) is 6.95. The summed E-state index contributed by atoms with van der Waals surface area (Å²) in [4.78, 5) is 14.9. The Morgan fingerprint density at radius 2 is 2.08 bits per heavy atom. The summed E-state index contributed by atoms with van der Waals surface area (Å²) in [6.07, 6.45) is 12.4. The summed E-state index contributed by atoms with van der Waals surface area (Å²) >= 11 is 0. The summed E-state index contributed by atoms with van der Waals surface area (Å²) in [5.41, 5.74) is 2.62. The van der Waals surface area contributed by atoms with Gasteiger partial charge in [0.05, 0.1) is 6.20 Å². The molecule has 0 spiro atoms. The van der Waals surface area contributed by atoms with Crippen molar-refractivity contribution in [2.45, 2.75) is 19.8 Å². The number of aromatic nitrogens is 1. The van der Waals surface area contributed by atoms with E-state index in [0.717, 1.165) is 31.5 Å². The van der Waals surface area contributed by atoms with E-state index in [1.54, 1.807) is 6.20 Å². The molecule has 2 aliphatic rings. The highest BCUT2D eigenvalue weighted by Crippen LogP contribution is 2.32. The molecule has 0 radical (unpaired) electrons. The van der Waals surface area contributed by atoms with E-state index < -0.39 is 0 Å². The van der Waals surface area contributed by atoms with Crippen molar-refractivity contribution in [2.75, 3.05) is 13.1 Å². The lowest BCUT2D eigenvalue weighted by Crippen LogP contribution is -2.29. The Morgan fingerprint density at radius 3 is 2.84 bits per heavy atom. The molecule has 1 aliphatic heterocycles. The Kier molecular flexibility index (Phi) is 4.26. The second-order valence-corrected chi connectivity index (χ2v) is 6.95. The lowest BCUT2D eigenvalue weighted by molar-refractivity contribution is 0.0784. The molecule has 25 heavy (non-hydrogen) atoms. The summed E-state index contributed by atoms with van der Waals surface area (Å²) in [6.45, 7) is 3.64. The van der Waals surface area contributed by atoms with E-state index in [2.05, 4.69) is 29.5 Å². The van der Waals surface area contributed by atoms with Crippen LogP contribution in [0.3, 0.4) is 0 Å². The van der Waals surface area contributed by atoms with E-state index in [1.807, 2.05) is 36.1 Å². The molecule has 1 aromatic heterocycles. The average molecular weight is 334 g/mol. The van der Waals surface area contributed by atoms with Gasteiger partial charge in [-0.2, -0.15) is 0 Å². The van der Waals surface area contributed by atoms with E-state index in [9.17, 15) is 4.79 Å². The maximum absolute atomic E-state index is 13.0. The molecule has 128 valence electrons. The Balaban J connectivity index is 1.51. The third-order valence-electron chi connectivity index (χ3n) is 5.25. The molecule has 0 bridgehead atoms. The minimum Gasteiger partial charge on any atom is -0.355 e. The second kappa shape index (κ2) is 6.71. The molecule has 1 aliphatic carbocycles. The van der Waals surface area contributed by atoms with Gasteiger partial charge in [0.1, 0.15) is 5.56 Å². The maximum Gasteiger partial charge on any atom is 0.259 e. The number of carbonyl (C=O) groups excluding carboxylic acids is 1. The van der Waals surface area contributed by atoms with Crippen LogP contribution in [0.15, 0.2) is 59.3 Å². The van der Waals surface area contributed by atoms with Gasteiger partial charge in [-0.3, -0.25) is 4.79 Å². The summed E-state index contributed by atoms with van der Waals surface area (Å²) in [7, 11) is 0. The molecule has 2 atom stereocenters. The first kappa shape index (κ1) is 15.9. The maximum atomic E-state index is 13.0. The van der Waals surface area contributed by atoms with Crippen LogP contribution >= 0.6 is 0 Å². The van der Waals surface area contributed by atoms with Crippen LogP contribution in [0.2, 0.25) is 0 Å². The van der Waals surface area contributed by atoms with E-state index in [0.29, 0.717) is 23.2 Å². The number of benzene rings is 1. The van der Waals surface area contributed by atoms with Gasteiger partial charge in [0, 0.05) is 18.7 Å². The number of aryl methyl sites for hydroxylation is 1. The summed E-state index contributed by atoms with van der Waals surface area (Å²) < 4.78 is 5.40. The van der Waals surface area contributed by atoms with Gasteiger partial charge in [-0.1, -0.05) is 59.3 Å². The van der Waals surface area contributed by atoms with Gasteiger partial charge in [0.25, 0.3) is 5.91 Å². The van der Waals surface area contributed by atoms with Crippen molar-refractivity contribution in [3.05, 3.63) is 65.9 Å². The molecule has 1 aromatic carbocycles. The third-order valence-corrected chi connectivity index (χ3v) is 5.25. The fourth-order valence-corrected chi connectivity index (χ4v) is 3.75. The van der Waals surface area contributed by atoms with Gasteiger partial charge < -0.3 is 9.42 Å². The Hall–Kier alpha value is -2.62. The number of amides is 1. The molecular formula is C21H22N2O2. The number of likely N-dealkylation sites (tertiary alicyclic amines) is 1. The topological polar surface area (TPSA) is 46.3 Å². The molecule has 1 fully saturated rings. The quantitative estimate of drug-likeness (QED) is 0.843. The van der Waals surface area contributed by atoms with Gasteiger partial charge in [-0.25, -0.2) is 0 Å². The summed E-state index contributed by atoms with van der Waals surface area (Å²) in [5.74, 6) is 1.67. The lowest BCUT2D eigenvalue weighted by Gasteiger charge is -2.21. The van der Waals surface area contributed by atoms with Crippen LogP contribution in [-0.2, 0) is 0 Å². The van der Waals surface area contributed by atoms with Crippen molar-refractivity contribution in [3.63, 3.8) is 0 Å². The smallest absolute Gasteiger partial charge is 0.259 e. The van der Waals surface area contributed by atoms with Crippen molar-refractivity contribution >= 4 is 5.91 Å². The third kappa shape index (κ3) is 3.16. The molecule has 4 rings (SSSR count). The van der Waals surface area contributed by atoms with Crippen molar-refractivity contribution in [3.8, 4) is 11.3 Å². The van der Waals surface area contributed by atoms with Crippen molar-refractivity contribution < 1.29 is 9.32 Å². The fraction of sp³-hybridized carbons (Fsp3) is 0.333. The highest BCUT2D eigenvalue weighted by Gasteiger charge is 2.33. The first-order valence-electron chi connectivity index (χ1n) is 8.86. The fourth-order valence-electron chi connectivity index (χ4n) is 3.75. The van der Waals surface area contributed by atoms with E-state index in [1.165, 1.54) is 5.56 Å². The highest BCUT2D eigenvalue weighted by atomic mass is 16.5. The number of carbonyl (C=O) groups is 1. The molecule has 4 nitrogen and oxygen atoms in total. The predicted octanol–water partition coefficient (Wildman–Crippen LogP) is 4.24. The minimum absolute atomic E-state index is 0.0228. The van der Waals surface area contributed by atoms with Gasteiger partial charge in [0.2, 0.25) is 0 Å². The number of hydrogen-bond acceptors (Lipinski definition) is 3. The Bertz CT molecular complexity index is 817. The lowest BCUT2D eigenvalue weighted by atomic mass is 9.86. The van der Waals surface area contributed by atoms with E-state index in [-0.39, 0.29) is 5.91 Å². The zero-order chi connectivity index (χ0) is 17.2. The van der Waals surface area contributed by atoms with Crippen LogP contribution in [0.1, 0.15) is 28.8 Å². The van der Waals surface area contributed by atoms with Crippen LogP contribution in [0.5, 0.6) is 0 Å².